The largest absolute Gasteiger partial charge is 0.494 e. The molecule has 1 amide bonds. The van der Waals surface area contributed by atoms with Gasteiger partial charge in [0.05, 0.1) is 12.8 Å². The van der Waals surface area contributed by atoms with Crippen LogP contribution in [-0.4, -0.2) is 31.4 Å². The van der Waals surface area contributed by atoms with Gasteiger partial charge >= 0.3 is 0 Å². The molecule has 2 aromatic rings. The number of rotatable bonds is 7. The maximum Gasteiger partial charge on any atom is 0.284 e. The van der Waals surface area contributed by atoms with E-state index in [1.165, 1.54) is 0 Å². The Balaban J connectivity index is 1.48. The molecule has 1 aliphatic heterocycles. The third kappa shape index (κ3) is 4.75. The van der Waals surface area contributed by atoms with E-state index in [4.69, 9.17) is 14.2 Å². The minimum absolute atomic E-state index is 0.155. The van der Waals surface area contributed by atoms with Gasteiger partial charge in [0.1, 0.15) is 12.4 Å². The quantitative estimate of drug-likeness (QED) is 0.471. The van der Waals surface area contributed by atoms with Crippen molar-refractivity contribution < 1.29 is 19.0 Å². The average Bonchev–Trinajstić information content (AvgIpc) is 2.69. The molecule has 1 N–H and O–H groups in total. The Morgan fingerprint density at radius 1 is 1.23 bits per heavy atom. The van der Waals surface area contributed by atoms with E-state index in [2.05, 4.69) is 17.5 Å². The molecule has 6 nitrogen and oxygen atoms in total. The Morgan fingerprint density at radius 2 is 2.00 bits per heavy atom. The van der Waals surface area contributed by atoms with Gasteiger partial charge in [-0.25, -0.2) is 5.43 Å². The zero-order chi connectivity index (χ0) is 18.2. The van der Waals surface area contributed by atoms with Gasteiger partial charge < -0.3 is 14.2 Å². The highest BCUT2D eigenvalue weighted by atomic mass is 16.6. The summed E-state index contributed by atoms with van der Waals surface area (Å²) in [4.78, 5) is 12.1. The number of para-hydroxylation sites is 2. The molecule has 2 aromatic carbocycles. The number of benzene rings is 2. The van der Waals surface area contributed by atoms with Crippen LogP contribution in [0.25, 0.3) is 0 Å². The molecule has 26 heavy (non-hydrogen) atoms. The number of hydrogen-bond donors (Lipinski definition) is 1. The molecule has 1 atom stereocenters. The van der Waals surface area contributed by atoms with Gasteiger partial charge in [-0.15, -0.1) is 0 Å². The summed E-state index contributed by atoms with van der Waals surface area (Å²) in [6.45, 7) is 3.00. The Kier molecular flexibility index (Phi) is 6.09. The zero-order valence-electron chi connectivity index (χ0n) is 14.7. The van der Waals surface area contributed by atoms with Gasteiger partial charge in [0.25, 0.3) is 5.91 Å². The second kappa shape index (κ2) is 8.89. The lowest BCUT2D eigenvalue weighted by atomic mass is 10.2. The van der Waals surface area contributed by atoms with E-state index >= 15 is 0 Å². The van der Waals surface area contributed by atoms with Crippen LogP contribution in [0.15, 0.2) is 53.6 Å². The number of carbonyl (C=O) groups is 1. The van der Waals surface area contributed by atoms with E-state index in [-0.39, 0.29) is 12.5 Å². The molecule has 1 heterocycles. The minimum atomic E-state index is -0.726. The van der Waals surface area contributed by atoms with Crippen molar-refractivity contribution in [3.05, 3.63) is 54.1 Å². The first kappa shape index (κ1) is 17.8. The molecule has 0 aliphatic carbocycles. The van der Waals surface area contributed by atoms with Gasteiger partial charge in [0.15, 0.2) is 11.5 Å². The van der Waals surface area contributed by atoms with Gasteiger partial charge in [-0.05, 0) is 48.4 Å². The standard InChI is InChI=1S/C20H22N2O4/c1-2-3-12-24-16-10-8-15(9-11-16)13-21-22-20(23)19-14-25-17-6-4-5-7-18(17)26-19/h4-11,13,19H,2-3,12,14H2,1H3,(H,22,23)/b21-13-/t19-/m1/s1. The van der Waals surface area contributed by atoms with E-state index in [1.807, 2.05) is 36.4 Å². The zero-order valence-corrected chi connectivity index (χ0v) is 14.7. The van der Waals surface area contributed by atoms with Crippen molar-refractivity contribution >= 4 is 12.1 Å². The van der Waals surface area contributed by atoms with Crippen molar-refractivity contribution in [2.75, 3.05) is 13.2 Å². The molecule has 1 aliphatic rings. The Hall–Kier alpha value is -3.02. The SMILES string of the molecule is CCCCOc1ccc(/C=N\NC(=O)[C@H]2COc3ccccc3O2)cc1. The van der Waals surface area contributed by atoms with E-state index in [1.54, 1.807) is 18.3 Å². The van der Waals surface area contributed by atoms with E-state index < -0.39 is 6.10 Å². The van der Waals surface area contributed by atoms with Gasteiger partial charge in [-0.2, -0.15) is 5.10 Å². The van der Waals surface area contributed by atoms with E-state index in [0.717, 1.165) is 24.2 Å². The summed E-state index contributed by atoms with van der Waals surface area (Å²) in [5, 5.41) is 3.98. The average molecular weight is 354 g/mol. The topological polar surface area (TPSA) is 69.2 Å². The normalized spacial score (nSPS) is 15.7. The molecule has 0 saturated heterocycles. The molecule has 3 rings (SSSR count). The summed E-state index contributed by atoms with van der Waals surface area (Å²) in [5.74, 6) is 1.67. The summed E-state index contributed by atoms with van der Waals surface area (Å²) < 4.78 is 16.8. The third-order valence-corrected chi connectivity index (χ3v) is 3.84. The first-order chi connectivity index (χ1) is 12.8. The maximum absolute atomic E-state index is 12.1. The molecule has 0 unspecified atom stereocenters. The van der Waals surface area contributed by atoms with Crippen molar-refractivity contribution in [1.82, 2.24) is 5.43 Å². The fraction of sp³-hybridized carbons (Fsp3) is 0.300. The lowest BCUT2D eigenvalue weighted by Gasteiger charge is -2.24. The van der Waals surface area contributed by atoms with Crippen LogP contribution in [0.3, 0.4) is 0 Å². The first-order valence-corrected chi connectivity index (χ1v) is 8.70. The second-order valence-electron chi connectivity index (χ2n) is 5.87. The fourth-order valence-electron chi connectivity index (χ4n) is 2.38. The van der Waals surface area contributed by atoms with Gasteiger partial charge in [0.2, 0.25) is 6.10 Å². The predicted octanol–water partition coefficient (Wildman–Crippen LogP) is 3.16. The molecule has 0 spiro atoms. The molecule has 6 heteroatoms. The van der Waals surface area contributed by atoms with Crippen molar-refractivity contribution in [2.24, 2.45) is 5.10 Å². The van der Waals surface area contributed by atoms with Gasteiger partial charge in [0, 0.05) is 0 Å². The van der Waals surface area contributed by atoms with Crippen LogP contribution in [0.1, 0.15) is 25.3 Å². The van der Waals surface area contributed by atoms with Crippen LogP contribution in [0.2, 0.25) is 0 Å². The number of amides is 1. The number of fused-ring (bicyclic) bond motifs is 1. The monoisotopic (exact) mass is 354 g/mol. The number of ether oxygens (including phenoxy) is 3. The van der Waals surface area contributed by atoms with Crippen LogP contribution in [0.4, 0.5) is 0 Å². The molecular formula is C20H22N2O4. The van der Waals surface area contributed by atoms with Gasteiger partial charge in [-0.1, -0.05) is 25.5 Å². The summed E-state index contributed by atoms with van der Waals surface area (Å²) in [6, 6.07) is 14.8. The first-order valence-electron chi connectivity index (χ1n) is 8.70. The molecule has 0 saturated carbocycles. The number of nitrogens with zero attached hydrogens (tertiary/aromatic N) is 1. The van der Waals surface area contributed by atoms with Crippen molar-refractivity contribution in [3.8, 4) is 17.2 Å². The van der Waals surface area contributed by atoms with Crippen molar-refractivity contribution in [1.29, 1.82) is 0 Å². The number of hydrazone groups is 1. The van der Waals surface area contributed by atoms with E-state index in [9.17, 15) is 4.79 Å². The number of hydrogen-bond acceptors (Lipinski definition) is 5. The van der Waals surface area contributed by atoms with Crippen LogP contribution in [0.5, 0.6) is 17.2 Å². The summed E-state index contributed by atoms with van der Waals surface area (Å²) >= 11 is 0. The minimum Gasteiger partial charge on any atom is -0.494 e. The lowest BCUT2D eigenvalue weighted by Crippen LogP contribution is -2.42. The summed E-state index contributed by atoms with van der Waals surface area (Å²) in [6.07, 6.45) is 2.99. The highest BCUT2D eigenvalue weighted by Crippen LogP contribution is 2.30. The van der Waals surface area contributed by atoms with Crippen LogP contribution in [0, 0.1) is 0 Å². The van der Waals surface area contributed by atoms with Gasteiger partial charge in [-0.3, -0.25) is 4.79 Å². The maximum atomic E-state index is 12.1. The number of nitrogens with one attached hydrogen (secondary N) is 1. The third-order valence-electron chi connectivity index (χ3n) is 3.84. The van der Waals surface area contributed by atoms with E-state index in [0.29, 0.717) is 18.1 Å². The number of carbonyl (C=O) groups excluding carboxylic acids is 1. The molecule has 0 fully saturated rings. The molecule has 136 valence electrons. The highest BCUT2D eigenvalue weighted by Gasteiger charge is 2.26. The Bertz CT molecular complexity index is 759. The van der Waals surface area contributed by atoms with Crippen molar-refractivity contribution in [2.45, 2.75) is 25.9 Å². The summed E-state index contributed by atoms with van der Waals surface area (Å²) in [7, 11) is 0. The van der Waals surface area contributed by atoms with Crippen molar-refractivity contribution in [3.63, 3.8) is 0 Å². The molecule has 0 bridgehead atoms. The fourth-order valence-corrected chi connectivity index (χ4v) is 2.38. The smallest absolute Gasteiger partial charge is 0.284 e. The number of unbranched alkanes of at least 4 members (excludes halogenated alkanes) is 1. The molecular weight excluding hydrogens is 332 g/mol. The Morgan fingerprint density at radius 3 is 2.77 bits per heavy atom. The lowest BCUT2D eigenvalue weighted by molar-refractivity contribution is -0.130. The molecule has 0 aromatic heterocycles. The Labute approximate surface area is 152 Å². The predicted molar refractivity (Wildman–Crippen MR) is 98.9 cm³/mol. The highest BCUT2D eigenvalue weighted by molar-refractivity contribution is 5.85. The van der Waals surface area contributed by atoms with Crippen LogP contribution < -0.4 is 19.6 Å². The molecule has 0 radical (unpaired) electrons. The van der Waals surface area contributed by atoms with Crippen LogP contribution >= 0.6 is 0 Å². The van der Waals surface area contributed by atoms with Crippen LogP contribution in [-0.2, 0) is 4.79 Å². The summed E-state index contributed by atoms with van der Waals surface area (Å²) in [5.41, 5.74) is 3.34. The second-order valence-corrected chi connectivity index (χ2v) is 5.87.